The Morgan fingerprint density at radius 1 is 1.20 bits per heavy atom. The monoisotopic (exact) mass is 333 g/mol. The molecular weight excluding hydrogens is 310 g/mol. The molecule has 4 heteroatoms. The van der Waals surface area contributed by atoms with Gasteiger partial charge in [-0.1, -0.05) is 12.1 Å². The highest BCUT2D eigenvalue weighted by Crippen LogP contribution is 2.38. The zero-order valence-electron chi connectivity index (χ0n) is 14.9. The van der Waals surface area contributed by atoms with Crippen molar-refractivity contribution in [1.82, 2.24) is 4.57 Å². The zero-order valence-corrected chi connectivity index (χ0v) is 14.9. The Balaban J connectivity index is 2.39. The van der Waals surface area contributed by atoms with Crippen LogP contribution in [0.5, 0.6) is 0 Å². The maximum atomic E-state index is 9.45. The highest BCUT2D eigenvalue weighted by atomic mass is 16.3. The summed E-state index contributed by atoms with van der Waals surface area (Å²) in [5.41, 5.74) is 14.0. The first-order valence-electron chi connectivity index (χ1n) is 8.49. The van der Waals surface area contributed by atoms with Crippen LogP contribution in [0.1, 0.15) is 28.8 Å². The third-order valence-electron chi connectivity index (χ3n) is 4.97. The first-order chi connectivity index (χ1) is 12.0. The van der Waals surface area contributed by atoms with Crippen molar-refractivity contribution in [2.45, 2.75) is 33.7 Å². The Labute approximate surface area is 148 Å². The van der Waals surface area contributed by atoms with E-state index in [0.29, 0.717) is 12.0 Å². The fourth-order valence-corrected chi connectivity index (χ4v) is 3.53. The number of hydrogen-bond donors (Lipinski definition) is 2. The van der Waals surface area contributed by atoms with Crippen LogP contribution in [0.3, 0.4) is 0 Å². The fraction of sp³-hybridized carbons (Fsp3) is 0.286. The third kappa shape index (κ3) is 2.77. The number of hydrogen-bond acceptors (Lipinski definition) is 3. The molecule has 0 aliphatic heterocycles. The van der Waals surface area contributed by atoms with E-state index < -0.39 is 0 Å². The van der Waals surface area contributed by atoms with Crippen LogP contribution in [-0.2, 0) is 6.54 Å². The predicted molar refractivity (Wildman–Crippen MR) is 102 cm³/mol. The zero-order chi connectivity index (χ0) is 18.1. The average molecular weight is 333 g/mol. The molecule has 0 radical (unpaired) electrons. The number of anilines is 1. The smallest absolute Gasteiger partial charge is 0.0994 e. The number of aryl methyl sites for hydroxylation is 2. The van der Waals surface area contributed by atoms with E-state index in [-0.39, 0.29) is 6.61 Å². The number of nitriles is 1. The second-order valence-corrected chi connectivity index (χ2v) is 6.51. The lowest BCUT2D eigenvalue weighted by Crippen LogP contribution is -2.02. The maximum absolute atomic E-state index is 9.45. The summed E-state index contributed by atoms with van der Waals surface area (Å²) in [6.45, 7) is 6.98. The van der Waals surface area contributed by atoms with Crippen molar-refractivity contribution in [2.24, 2.45) is 0 Å². The molecule has 0 amide bonds. The number of aliphatic hydroxyl groups excluding tert-OH is 1. The highest BCUT2D eigenvalue weighted by Gasteiger charge is 2.19. The molecule has 4 nitrogen and oxygen atoms in total. The molecule has 0 saturated carbocycles. The summed E-state index contributed by atoms with van der Waals surface area (Å²) in [7, 11) is 0. The molecule has 0 bridgehead atoms. The van der Waals surface area contributed by atoms with Crippen LogP contribution in [0.25, 0.3) is 22.0 Å². The summed E-state index contributed by atoms with van der Waals surface area (Å²) >= 11 is 0. The number of aromatic nitrogens is 1. The Hall–Kier alpha value is -2.77. The van der Waals surface area contributed by atoms with Gasteiger partial charge in [-0.05, 0) is 62.1 Å². The molecule has 0 fully saturated rings. The minimum absolute atomic E-state index is 0.154. The van der Waals surface area contributed by atoms with E-state index in [1.54, 1.807) is 0 Å². The summed E-state index contributed by atoms with van der Waals surface area (Å²) in [5.74, 6) is 0. The molecule has 0 aliphatic carbocycles. The molecule has 3 N–H and O–H groups in total. The van der Waals surface area contributed by atoms with E-state index in [1.165, 1.54) is 0 Å². The van der Waals surface area contributed by atoms with Gasteiger partial charge in [0.1, 0.15) is 0 Å². The van der Waals surface area contributed by atoms with Crippen LogP contribution < -0.4 is 5.73 Å². The topological polar surface area (TPSA) is 75.0 Å². The van der Waals surface area contributed by atoms with Crippen molar-refractivity contribution in [2.75, 3.05) is 12.3 Å². The Morgan fingerprint density at radius 2 is 1.96 bits per heavy atom. The van der Waals surface area contributed by atoms with Gasteiger partial charge in [-0.2, -0.15) is 5.26 Å². The molecule has 1 aromatic heterocycles. The Bertz CT molecular complexity index is 993. The molecule has 0 aliphatic rings. The van der Waals surface area contributed by atoms with Crippen molar-refractivity contribution in [1.29, 1.82) is 5.26 Å². The SMILES string of the molecule is Cc1cc2c(cc1C#N)c(-c1cccc(N)c1C)c(C)n2CCCO. The third-order valence-corrected chi connectivity index (χ3v) is 4.97. The molecule has 3 rings (SSSR count). The van der Waals surface area contributed by atoms with Gasteiger partial charge in [-0.25, -0.2) is 0 Å². The largest absolute Gasteiger partial charge is 0.398 e. The van der Waals surface area contributed by atoms with Crippen LogP contribution >= 0.6 is 0 Å². The predicted octanol–water partition coefficient (Wildman–Crippen LogP) is 4.07. The summed E-state index contributed by atoms with van der Waals surface area (Å²) in [6, 6.07) is 12.3. The van der Waals surface area contributed by atoms with E-state index in [4.69, 9.17) is 5.73 Å². The Kier molecular flexibility index (Phi) is 4.52. The molecular formula is C21H23N3O. The number of nitrogens with two attached hydrogens (primary N) is 1. The lowest BCUT2D eigenvalue weighted by Gasteiger charge is -2.10. The number of nitrogen functional groups attached to an aromatic ring is 1. The number of benzene rings is 2. The van der Waals surface area contributed by atoms with Gasteiger partial charge in [0.15, 0.2) is 0 Å². The first kappa shape index (κ1) is 17.1. The van der Waals surface area contributed by atoms with Crippen molar-refractivity contribution in [3.05, 3.63) is 52.7 Å². The number of rotatable bonds is 4. The van der Waals surface area contributed by atoms with Crippen LogP contribution in [0.15, 0.2) is 30.3 Å². The molecule has 3 aromatic rings. The van der Waals surface area contributed by atoms with E-state index >= 15 is 0 Å². The van der Waals surface area contributed by atoms with Crippen molar-refractivity contribution < 1.29 is 5.11 Å². The van der Waals surface area contributed by atoms with Gasteiger partial charge in [-0.15, -0.1) is 0 Å². The standard InChI is InChI=1S/C21H23N3O/c1-13-10-20-18(11-16(13)12-22)21(15(3)24(20)8-5-9-25)17-6-4-7-19(23)14(17)2/h4,6-7,10-11,25H,5,8-9,23H2,1-3H3. The van der Waals surface area contributed by atoms with E-state index in [2.05, 4.69) is 29.7 Å². The number of nitrogens with zero attached hydrogens (tertiary/aromatic N) is 2. The average Bonchev–Trinajstić information content (AvgIpc) is 2.85. The lowest BCUT2D eigenvalue weighted by molar-refractivity contribution is 0.280. The fourth-order valence-electron chi connectivity index (χ4n) is 3.53. The summed E-state index contributed by atoms with van der Waals surface area (Å²) in [4.78, 5) is 0. The quantitative estimate of drug-likeness (QED) is 0.707. The van der Waals surface area contributed by atoms with E-state index in [1.807, 2.05) is 32.0 Å². The van der Waals surface area contributed by atoms with Gasteiger partial charge in [0.2, 0.25) is 0 Å². The maximum Gasteiger partial charge on any atom is 0.0994 e. The van der Waals surface area contributed by atoms with Gasteiger partial charge >= 0.3 is 0 Å². The van der Waals surface area contributed by atoms with Gasteiger partial charge in [0.05, 0.1) is 11.6 Å². The minimum Gasteiger partial charge on any atom is -0.398 e. The molecule has 0 saturated heterocycles. The van der Waals surface area contributed by atoms with Crippen molar-refractivity contribution >= 4 is 16.6 Å². The molecule has 25 heavy (non-hydrogen) atoms. The number of aliphatic hydroxyl groups is 1. The van der Waals surface area contributed by atoms with Gasteiger partial charge in [0, 0.05) is 41.0 Å². The number of fused-ring (bicyclic) bond motifs is 1. The van der Waals surface area contributed by atoms with Crippen molar-refractivity contribution in [3.8, 4) is 17.2 Å². The van der Waals surface area contributed by atoms with Gasteiger partial charge in [0.25, 0.3) is 0 Å². The molecule has 0 spiro atoms. The van der Waals surface area contributed by atoms with Gasteiger partial charge < -0.3 is 15.4 Å². The van der Waals surface area contributed by atoms with Crippen molar-refractivity contribution in [3.63, 3.8) is 0 Å². The first-order valence-corrected chi connectivity index (χ1v) is 8.49. The van der Waals surface area contributed by atoms with E-state index in [9.17, 15) is 10.4 Å². The van der Waals surface area contributed by atoms with Crippen LogP contribution in [-0.4, -0.2) is 16.3 Å². The van der Waals surface area contributed by atoms with Gasteiger partial charge in [-0.3, -0.25) is 0 Å². The normalized spacial score (nSPS) is 11.0. The highest BCUT2D eigenvalue weighted by molar-refractivity contribution is 6.00. The molecule has 1 heterocycles. The molecule has 0 unspecified atom stereocenters. The summed E-state index contributed by atoms with van der Waals surface area (Å²) in [6.07, 6.45) is 0.693. The van der Waals surface area contributed by atoms with E-state index in [0.717, 1.165) is 51.1 Å². The molecule has 0 atom stereocenters. The second-order valence-electron chi connectivity index (χ2n) is 6.51. The Morgan fingerprint density at radius 3 is 2.64 bits per heavy atom. The second kappa shape index (κ2) is 6.62. The molecule has 128 valence electrons. The minimum atomic E-state index is 0.154. The van der Waals surface area contributed by atoms with Crippen LogP contribution in [0, 0.1) is 32.1 Å². The van der Waals surface area contributed by atoms with Crippen LogP contribution in [0.2, 0.25) is 0 Å². The summed E-state index contributed by atoms with van der Waals surface area (Å²) < 4.78 is 2.23. The lowest BCUT2D eigenvalue weighted by atomic mass is 9.95. The van der Waals surface area contributed by atoms with Crippen LogP contribution in [0.4, 0.5) is 5.69 Å². The summed E-state index contributed by atoms with van der Waals surface area (Å²) in [5, 5.41) is 19.8. The molecule has 2 aromatic carbocycles.